The molecule has 2 aromatic rings. The van der Waals surface area contributed by atoms with Crippen molar-refractivity contribution in [1.82, 2.24) is 9.78 Å². The fraction of sp³-hybridized carbons (Fsp3) is 0.375. The van der Waals surface area contributed by atoms with Crippen molar-refractivity contribution in [3.8, 4) is 5.69 Å². The molecular formula is C16H19ClN2O2. The number of rotatable bonds is 6. The molecule has 21 heavy (non-hydrogen) atoms. The number of unbranched alkanes of at least 4 members (excludes halogenated alkanes) is 1. The van der Waals surface area contributed by atoms with Gasteiger partial charge in [0.25, 0.3) is 0 Å². The molecule has 0 amide bonds. The van der Waals surface area contributed by atoms with Crippen LogP contribution in [0, 0.1) is 0 Å². The van der Waals surface area contributed by atoms with E-state index in [2.05, 4.69) is 12.0 Å². The van der Waals surface area contributed by atoms with E-state index in [1.54, 1.807) is 0 Å². The van der Waals surface area contributed by atoms with Gasteiger partial charge < -0.3 is 5.11 Å². The Kier molecular flexibility index (Phi) is 5.02. The molecule has 0 atom stereocenters. The zero-order valence-corrected chi connectivity index (χ0v) is 13.0. The summed E-state index contributed by atoms with van der Waals surface area (Å²) in [6, 6.07) is 7.92. The topological polar surface area (TPSA) is 55.1 Å². The van der Waals surface area contributed by atoms with Crippen LogP contribution in [0.1, 0.15) is 48.3 Å². The number of benzene rings is 1. The maximum Gasteiger partial charge on any atom is 0.340 e. The van der Waals surface area contributed by atoms with Crippen molar-refractivity contribution in [3.63, 3.8) is 0 Å². The Morgan fingerprint density at radius 1 is 1.29 bits per heavy atom. The third kappa shape index (κ3) is 3.27. The number of hydrogen-bond donors (Lipinski definition) is 1. The zero-order chi connectivity index (χ0) is 15.4. The van der Waals surface area contributed by atoms with E-state index in [-0.39, 0.29) is 10.7 Å². The number of carboxylic acid groups (broad SMARTS) is 1. The molecule has 0 radical (unpaired) electrons. The molecule has 0 unspecified atom stereocenters. The van der Waals surface area contributed by atoms with Crippen LogP contribution in [-0.4, -0.2) is 20.9 Å². The molecule has 0 fully saturated rings. The fourth-order valence-corrected chi connectivity index (χ4v) is 2.58. The average Bonchev–Trinajstić information content (AvgIpc) is 2.82. The van der Waals surface area contributed by atoms with E-state index in [1.165, 1.54) is 10.2 Å². The van der Waals surface area contributed by atoms with E-state index in [4.69, 9.17) is 11.6 Å². The molecule has 0 aliphatic rings. The highest BCUT2D eigenvalue weighted by atomic mass is 35.5. The van der Waals surface area contributed by atoms with Gasteiger partial charge in [-0.25, -0.2) is 9.48 Å². The molecule has 0 spiro atoms. The maximum atomic E-state index is 11.3. The van der Waals surface area contributed by atoms with Gasteiger partial charge in [0, 0.05) is 0 Å². The summed E-state index contributed by atoms with van der Waals surface area (Å²) in [4.78, 5) is 11.3. The van der Waals surface area contributed by atoms with Crippen LogP contribution in [-0.2, 0) is 12.8 Å². The van der Waals surface area contributed by atoms with Crippen LogP contribution in [0.5, 0.6) is 0 Å². The first-order valence-electron chi connectivity index (χ1n) is 7.18. The Morgan fingerprint density at radius 2 is 1.95 bits per heavy atom. The Morgan fingerprint density at radius 3 is 2.43 bits per heavy atom. The molecule has 0 aliphatic carbocycles. The summed E-state index contributed by atoms with van der Waals surface area (Å²) in [6.45, 7) is 4.03. The third-order valence-electron chi connectivity index (χ3n) is 3.45. The number of halogens is 1. The molecule has 0 saturated heterocycles. The van der Waals surface area contributed by atoms with E-state index >= 15 is 0 Å². The lowest BCUT2D eigenvalue weighted by Gasteiger charge is -2.05. The van der Waals surface area contributed by atoms with Gasteiger partial charge in [0.2, 0.25) is 0 Å². The van der Waals surface area contributed by atoms with Crippen molar-refractivity contribution < 1.29 is 9.90 Å². The van der Waals surface area contributed by atoms with Gasteiger partial charge in [0.15, 0.2) is 0 Å². The van der Waals surface area contributed by atoms with Gasteiger partial charge in [0.1, 0.15) is 10.7 Å². The van der Waals surface area contributed by atoms with Crippen LogP contribution >= 0.6 is 11.6 Å². The summed E-state index contributed by atoms with van der Waals surface area (Å²) in [5, 5.41) is 13.7. The second kappa shape index (κ2) is 6.76. The molecule has 1 aromatic heterocycles. The van der Waals surface area contributed by atoms with Gasteiger partial charge in [-0.05, 0) is 37.0 Å². The number of aromatic nitrogens is 2. The fourth-order valence-electron chi connectivity index (χ4n) is 2.25. The summed E-state index contributed by atoms with van der Waals surface area (Å²) in [6.07, 6.45) is 3.90. The quantitative estimate of drug-likeness (QED) is 0.873. The summed E-state index contributed by atoms with van der Waals surface area (Å²) < 4.78 is 1.49. The molecule has 1 aromatic carbocycles. The van der Waals surface area contributed by atoms with Gasteiger partial charge in [-0.2, -0.15) is 5.10 Å². The minimum absolute atomic E-state index is 0.0919. The van der Waals surface area contributed by atoms with E-state index in [1.807, 2.05) is 31.2 Å². The van der Waals surface area contributed by atoms with Crippen molar-refractivity contribution in [2.75, 3.05) is 0 Å². The number of hydrogen-bond acceptors (Lipinski definition) is 2. The Hall–Kier alpha value is -1.81. The summed E-state index contributed by atoms with van der Waals surface area (Å²) >= 11 is 6.18. The van der Waals surface area contributed by atoms with Crippen LogP contribution in [0.15, 0.2) is 24.3 Å². The monoisotopic (exact) mass is 306 g/mol. The lowest BCUT2D eigenvalue weighted by atomic mass is 10.1. The molecule has 5 heteroatoms. The number of nitrogens with zero attached hydrogens (tertiary/aromatic N) is 2. The lowest BCUT2D eigenvalue weighted by molar-refractivity contribution is 0.0696. The summed E-state index contributed by atoms with van der Waals surface area (Å²) in [5.41, 5.74) is 2.64. The average molecular weight is 307 g/mol. The number of aryl methyl sites for hydroxylation is 2. The predicted octanol–water partition coefficient (Wildman–Crippen LogP) is 4.13. The third-order valence-corrected chi connectivity index (χ3v) is 3.80. The highest BCUT2D eigenvalue weighted by Gasteiger charge is 2.21. The second-order valence-corrected chi connectivity index (χ2v) is 5.31. The van der Waals surface area contributed by atoms with E-state index < -0.39 is 5.97 Å². The SMILES string of the molecule is CCCCc1ccc(-n2nc(CC)c(C(=O)O)c2Cl)cc1. The molecule has 112 valence electrons. The molecule has 4 nitrogen and oxygen atoms in total. The van der Waals surface area contributed by atoms with Gasteiger partial charge in [0.05, 0.1) is 11.4 Å². The van der Waals surface area contributed by atoms with Crippen LogP contribution in [0.2, 0.25) is 5.15 Å². The molecule has 1 N–H and O–H groups in total. The van der Waals surface area contributed by atoms with Gasteiger partial charge in [-0.15, -0.1) is 0 Å². The molecule has 2 rings (SSSR count). The van der Waals surface area contributed by atoms with Gasteiger partial charge in [-0.3, -0.25) is 0 Å². The smallest absolute Gasteiger partial charge is 0.340 e. The van der Waals surface area contributed by atoms with Gasteiger partial charge >= 0.3 is 5.97 Å². The predicted molar refractivity (Wildman–Crippen MR) is 83.5 cm³/mol. The van der Waals surface area contributed by atoms with E-state index in [0.29, 0.717) is 12.1 Å². The van der Waals surface area contributed by atoms with Crippen molar-refractivity contribution in [2.45, 2.75) is 39.5 Å². The Balaban J connectivity index is 2.36. The molecule has 0 bridgehead atoms. The summed E-state index contributed by atoms with van der Waals surface area (Å²) in [7, 11) is 0. The normalized spacial score (nSPS) is 10.8. The van der Waals surface area contributed by atoms with Crippen LogP contribution in [0.25, 0.3) is 5.69 Å². The minimum atomic E-state index is -1.04. The first-order valence-corrected chi connectivity index (χ1v) is 7.56. The Labute approximate surface area is 129 Å². The molecule has 1 heterocycles. The van der Waals surface area contributed by atoms with Crippen LogP contribution in [0.3, 0.4) is 0 Å². The van der Waals surface area contributed by atoms with Crippen molar-refractivity contribution in [3.05, 3.63) is 46.2 Å². The number of carbonyl (C=O) groups is 1. The Bertz CT molecular complexity index is 632. The lowest BCUT2D eigenvalue weighted by Crippen LogP contribution is -2.00. The first-order chi connectivity index (χ1) is 10.1. The van der Waals surface area contributed by atoms with Crippen molar-refractivity contribution >= 4 is 17.6 Å². The number of aromatic carboxylic acids is 1. The van der Waals surface area contributed by atoms with Crippen molar-refractivity contribution in [1.29, 1.82) is 0 Å². The highest BCUT2D eigenvalue weighted by molar-refractivity contribution is 6.32. The van der Waals surface area contributed by atoms with Crippen LogP contribution in [0.4, 0.5) is 0 Å². The standard InChI is InChI=1S/C16H19ClN2O2/c1-3-5-6-11-7-9-12(10-8-11)19-15(17)14(16(20)21)13(4-2)18-19/h7-10H,3-6H2,1-2H3,(H,20,21). The minimum Gasteiger partial charge on any atom is -0.478 e. The summed E-state index contributed by atoms with van der Waals surface area (Å²) in [5.74, 6) is -1.04. The largest absolute Gasteiger partial charge is 0.478 e. The second-order valence-electron chi connectivity index (χ2n) is 4.95. The maximum absolute atomic E-state index is 11.3. The zero-order valence-electron chi connectivity index (χ0n) is 12.3. The first kappa shape index (κ1) is 15.6. The van der Waals surface area contributed by atoms with Gasteiger partial charge in [-0.1, -0.05) is 44.0 Å². The van der Waals surface area contributed by atoms with Crippen LogP contribution < -0.4 is 0 Å². The van der Waals surface area contributed by atoms with Crippen molar-refractivity contribution in [2.24, 2.45) is 0 Å². The highest BCUT2D eigenvalue weighted by Crippen LogP contribution is 2.24. The van der Waals surface area contributed by atoms with E-state index in [9.17, 15) is 9.90 Å². The molecule has 0 aliphatic heterocycles. The molecular weight excluding hydrogens is 288 g/mol. The molecule has 0 saturated carbocycles. The number of carboxylic acids is 1. The van der Waals surface area contributed by atoms with E-state index in [0.717, 1.165) is 24.9 Å².